The second-order valence-corrected chi connectivity index (χ2v) is 7.04. The van der Waals surface area contributed by atoms with Crippen LogP contribution in [-0.2, 0) is 6.42 Å². The largest absolute Gasteiger partial charge is 0.388 e. The minimum absolute atomic E-state index is 0.318. The van der Waals surface area contributed by atoms with Crippen LogP contribution in [0.25, 0.3) is 0 Å². The van der Waals surface area contributed by atoms with E-state index >= 15 is 0 Å². The molecule has 1 atom stereocenters. The SMILES string of the molecule is O[C@H](CCCN1CCC(Cc2ccccc2)CC1)c1ccccc1. The van der Waals surface area contributed by atoms with Gasteiger partial charge in [0, 0.05) is 0 Å². The lowest BCUT2D eigenvalue weighted by Gasteiger charge is -2.32. The van der Waals surface area contributed by atoms with Crippen molar-refractivity contribution in [3.05, 3.63) is 71.8 Å². The van der Waals surface area contributed by atoms with Crippen molar-refractivity contribution >= 4 is 0 Å². The van der Waals surface area contributed by atoms with E-state index in [1.54, 1.807) is 0 Å². The zero-order valence-corrected chi connectivity index (χ0v) is 14.5. The predicted octanol–water partition coefficient (Wildman–Crippen LogP) is 4.45. The quantitative estimate of drug-likeness (QED) is 0.813. The van der Waals surface area contributed by atoms with Crippen LogP contribution < -0.4 is 0 Å². The molecular formula is C22H29NO. The van der Waals surface area contributed by atoms with Gasteiger partial charge in [0.2, 0.25) is 0 Å². The molecule has 1 aliphatic heterocycles. The fourth-order valence-electron chi connectivity index (χ4n) is 3.71. The van der Waals surface area contributed by atoms with E-state index in [1.807, 2.05) is 30.3 Å². The van der Waals surface area contributed by atoms with Gasteiger partial charge in [0.1, 0.15) is 0 Å². The van der Waals surface area contributed by atoms with Crippen LogP contribution in [0.15, 0.2) is 60.7 Å². The summed E-state index contributed by atoms with van der Waals surface area (Å²) in [7, 11) is 0. The maximum Gasteiger partial charge on any atom is 0.0790 e. The molecule has 0 spiro atoms. The molecule has 2 heteroatoms. The van der Waals surface area contributed by atoms with Crippen LogP contribution in [0.2, 0.25) is 0 Å². The fraction of sp³-hybridized carbons (Fsp3) is 0.455. The predicted molar refractivity (Wildman–Crippen MR) is 99.9 cm³/mol. The molecule has 3 rings (SSSR count). The van der Waals surface area contributed by atoms with Gasteiger partial charge in [-0.05, 0) is 68.8 Å². The highest BCUT2D eigenvalue weighted by Gasteiger charge is 2.19. The number of aliphatic hydroxyl groups is 1. The van der Waals surface area contributed by atoms with Crippen LogP contribution in [0.3, 0.4) is 0 Å². The van der Waals surface area contributed by atoms with Gasteiger partial charge in [0.15, 0.2) is 0 Å². The Morgan fingerprint density at radius 1 is 0.917 bits per heavy atom. The topological polar surface area (TPSA) is 23.5 Å². The van der Waals surface area contributed by atoms with Gasteiger partial charge >= 0.3 is 0 Å². The highest BCUT2D eigenvalue weighted by molar-refractivity contribution is 5.17. The summed E-state index contributed by atoms with van der Waals surface area (Å²) in [6, 6.07) is 20.9. The Bertz CT molecular complexity index is 575. The third kappa shape index (κ3) is 5.19. The Hall–Kier alpha value is -1.64. The van der Waals surface area contributed by atoms with Crippen molar-refractivity contribution in [2.75, 3.05) is 19.6 Å². The lowest BCUT2D eigenvalue weighted by Crippen LogP contribution is -2.35. The van der Waals surface area contributed by atoms with E-state index in [9.17, 15) is 5.11 Å². The smallest absolute Gasteiger partial charge is 0.0790 e. The third-order valence-electron chi connectivity index (χ3n) is 5.21. The molecule has 0 unspecified atom stereocenters. The van der Waals surface area contributed by atoms with Crippen molar-refractivity contribution in [3.63, 3.8) is 0 Å². The second-order valence-electron chi connectivity index (χ2n) is 7.04. The number of nitrogens with zero attached hydrogens (tertiary/aromatic N) is 1. The lowest BCUT2D eigenvalue weighted by molar-refractivity contribution is 0.142. The molecule has 2 aromatic carbocycles. The lowest BCUT2D eigenvalue weighted by atomic mass is 9.90. The summed E-state index contributed by atoms with van der Waals surface area (Å²) >= 11 is 0. The molecule has 1 saturated heterocycles. The summed E-state index contributed by atoms with van der Waals surface area (Å²) in [5.74, 6) is 0.832. The highest BCUT2D eigenvalue weighted by Crippen LogP contribution is 2.23. The number of piperidine rings is 1. The zero-order valence-electron chi connectivity index (χ0n) is 14.5. The maximum atomic E-state index is 10.2. The Morgan fingerprint density at radius 2 is 1.54 bits per heavy atom. The van der Waals surface area contributed by atoms with E-state index in [0.717, 1.165) is 30.9 Å². The number of benzene rings is 2. The Kier molecular flexibility index (Phi) is 6.45. The first-order valence-corrected chi connectivity index (χ1v) is 9.30. The maximum absolute atomic E-state index is 10.2. The first-order valence-electron chi connectivity index (χ1n) is 9.30. The van der Waals surface area contributed by atoms with Crippen LogP contribution in [0.1, 0.15) is 42.9 Å². The minimum atomic E-state index is -0.318. The molecule has 0 amide bonds. The van der Waals surface area contributed by atoms with Crippen LogP contribution in [0, 0.1) is 5.92 Å². The van der Waals surface area contributed by atoms with Gasteiger partial charge < -0.3 is 10.0 Å². The van der Waals surface area contributed by atoms with Crippen molar-refractivity contribution in [1.29, 1.82) is 0 Å². The Labute approximate surface area is 146 Å². The molecule has 2 aromatic rings. The average Bonchev–Trinajstić information content (AvgIpc) is 2.65. The van der Waals surface area contributed by atoms with Gasteiger partial charge in [-0.15, -0.1) is 0 Å². The summed E-state index contributed by atoms with van der Waals surface area (Å²) in [5.41, 5.74) is 2.51. The number of aliphatic hydroxyl groups excluding tert-OH is 1. The number of likely N-dealkylation sites (tertiary alicyclic amines) is 1. The van der Waals surface area contributed by atoms with Gasteiger partial charge in [-0.2, -0.15) is 0 Å². The Balaban J connectivity index is 1.34. The molecule has 0 radical (unpaired) electrons. The van der Waals surface area contributed by atoms with Crippen LogP contribution in [-0.4, -0.2) is 29.6 Å². The molecule has 2 nitrogen and oxygen atoms in total. The fourth-order valence-corrected chi connectivity index (χ4v) is 3.71. The summed E-state index contributed by atoms with van der Waals surface area (Å²) in [6.45, 7) is 3.53. The molecule has 0 bridgehead atoms. The van der Waals surface area contributed by atoms with Crippen molar-refractivity contribution in [2.45, 2.75) is 38.2 Å². The van der Waals surface area contributed by atoms with Crippen molar-refractivity contribution < 1.29 is 5.11 Å². The molecule has 24 heavy (non-hydrogen) atoms. The number of rotatable bonds is 7. The van der Waals surface area contributed by atoms with Gasteiger partial charge in [0.05, 0.1) is 6.10 Å². The van der Waals surface area contributed by atoms with E-state index in [1.165, 1.54) is 37.9 Å². The summed E-state index contributed by atoms with van der Waals surface area (Å²) < 4.78 is 0. The summed E-state index contributed by atoms with van der Waals surface area (Å²) in [6.07, 6.45) is 5.43. The normalized spacial score (nSPS) is 17.7. The molecule has 0 saturated carbocycles. The molecule has 1 N–H and O–H groups in total. The van der Waals surface area contributed by atoms with Crippen LogP contribution in [0.5, 0.6) is 0 Å². The first-order chi connectivity index (χ1) is 11.8. The van der Waals surface area contributed by atoms with Gasteiger partial charge in [-0.3, -0.25) is 0 Å². The molecule has 0 aromatic heterocycles. The van der Waals surface area contributed by atoms with Crippen LogP contribution >= 0.6 is 0 Å². The summed E-state index contributed by atoms with van der Waals surface area (Å²) in [5, 5.41) is 10.2. The Morgan fingerprint density at radius 3 is 2.21 bits per heavy atom. The van der Waals surface area contributed by atoms with Gasteiger partial charge in [-0.1, -0.05) is 60.7 Å². The van der Waals surface area contributed by atoms with Gasteiger partial charge in [-0.25, -0.2) is 0 Å². The third-order valence-corrected chi connectivity index (χ3v) is 5.21. The summed E-state index contributed by atoms with van der Waals surface area (Å²) in [4.78, 5) is 2.57. The van der Waals surface area contributed by atoms with Crippen molar-refractivity contribution in [2.24, 2.45) is 5.92 Å². The molecular weight excluding hydrogens is 294 g/mol. The van der Waals surface area contributed by atoms with E-state index in [2.05, 4.69) is 35.2 Å². The molecule has 1 heterocycles. The first kappa shape index (κ1) is 17.2. The highest BCUT2D eigenvalue weighted by atomic mass is 16.3. The monoisotopic (exact) mass is 323 g/mol. The van der Waals surface area contributed by atoms with E-state index in [-0.39, 0.29) is 6.10 Å². The standard InChI is InChI=1S/C22H29NO/c24-22(21-10-5-2-6-11-21)12-7-15-23-16-13-20(14-17-23)18-19-8-3-1-4-9-19/h1-6,8-11,20,22,24H,7,12-18H2/t22-/m1/s1. The molecule has 128 valence electrons. The molecule has 0 aliphatic carbocycles. The average molecular weight is 323 g/mol. The van der Waals surface area contributed by atoms with Gasteiger partial charge in [0.25, 0.3) is 0 Å². The van der Waals surface area contributed by atoms with Crippen molar-refractivity contribution in [1.82, 2.24) is 4.90 Å². The molecule has 1 fully saturated rings. The minimum Gasteiger partial charge on any atom is -0.388 e. The number of hydrogen-bond donors (Lipinski definition) is 1. The van der Waals surface area contributed by atoms with E-state index in [4.69, 9.17) is 0 Å². The number of hydrogen-bond acceptors (Lipinski definition) is 2. The second kappa shape index (κ2) is 9.00. The molecule has 1 aliphatic rings. The van der Waals surface area contributed by atoms with E-state index in [0.29, 0.717) is 0 Å². The van der Waals surface area contributed by atoms with Crippen molar-refractivity contribution in [3.8, 4) is 0 Å². The zero-order chi connectivity index (χ0) is 16.6. The van der Waals surface area contributed by atoms with E-state index < -0.39 is 0 Å². The van der Waals surface area contributed by atoms with Crippen LogP contribution in [0.4, 0.5) is 0 Å².